The zero-order valence-corrected chi connectivity index (χ0v) is 7.98. The Morgan fingerprint density at radius 2 is 1.36 bits per heavy atom. The van der Waals surface area contributed by atoms with Crippen LogP contribution in [0.5, 0.6) is 0 Å². The molecule has 0 spiro atoms. The Hall–Kier alpha value is -0.120. The number of hydrogen-bond acceptors (Lipinski definition) is 3. The second kappa shape index (κ2) is 16.5. The number of rotatable bonds is 5. The van der Waals surface area contributed by atoms with Crippen LogP contribution in [0.1, 0.15) is 20.8 Å². The molecular formula is C8H22N2O. The van der Waals surface area contributed by atoms with Gasteiger partial charge in [-0.05, 0) is 19.6 Å². The molecule has 0 fully saturated rings. The molecule has 0 saturated carbocycles. The van der Waals surface area contributed by atoms with Crippen molar-refractivity contribution < 1.29 is 5.11 Å². The second-order valence-corrected chi connectivity index (χ2v) is 2.03. The van der Waals surface area contributed by atoms with Gasteiger partial charge in [-0.25, -0.2) is 0 Å². The van der Waals surface area contributed by atoms with Gasteiger partial charge in [0, 0.05) is 6.54 Å². The molecular weight excluding hydrogens is 140 g/mol. The molecule has 0 atom stereocenters. The highest BCUT2D eigenvalue weighted by molar-refractivity contribution is 4.35. The maximum Gasteiger partial charge on any atom is 0.0555 e. The van der Waals surface area contributed by atoms with E-state index in [-0.39, 0.29) is 6.61 Å². The minimum Gasteiger partial charge on any atom is -0.395 e. The van der Waals surface area contributed by atoms with Crippen LogP contribution >= 0.6 is 0 Å². The molecule has 0 saturated heterocycles. The maximum atomic E-state index is 8.13. The predicted molar refractivity (Wildman–Crippen MR) is 49.8 cm³/mol. The van der Waals surface area contributed by atoms with Gasteiger partial charge in [-0.15, -0.1) is 0 Å². The molecule has 0 aliphatic rings. The first-order valence-electron chi connectivity index (χ1n) is 4.35. The molecule has 0 aromatic carbocycles. The van der Waals surface area contributed by atoms with Crippen molar-refractivity contribution in [3.05, 3.63) is 0 Å². The molecule has 0 radical (unpaired) electrons. The minimum atomic E-state index is 0.244. The zero-order valence-electron chi connectivity index (χ0n) is 7.98. The molecule has 70 valence electrons. The van der Waals surface area contributed by atoms with Crippen LogP contribution in [0.4, 0.5) is 0 Å². The number of aliphatic hydroxyl groups is 1. The average Bonchev–Trinajstić information content (AvgIpc) is 2.04. The summed E-state index contributed by atoms with van der Waals surface area (Å²) in [4.78, 5) is 0. The van der Waals surface area contributed by atoms with Gasteiger partial charge in [-0.3, -0.25) is 0 Å². The highest BCUT2D eigenvalue weighted by Crippen LogP contribution is 1.51. The smallest absolute Gasteiger partial charge is 0.0555 e. The van der Waals surface area contributed by atoms with Crippen LogP contribution in [-0.4, -0.2) is 37.9 Å². The molecule has 0 amide bonds. The Bertz CT molecular complexity index is 45.4. The third-order valence-corrected chi connectivity index (χ3v) is 1.04. The first-order valence-corrected chi connectivity index (χ1v) is 4.35. The Morgan fingerprint density at radius 1 is 0.909 bits per heavy atom. The fraction of sp³-hybridized carbons (Fsp3) is 1.00. The molecule has 0 rings (SSSR count). The molecule has 0 bridgehead atoms. The lowest BCUT2D eigenvalue weighted by Crippen LogP contribution is -2.16. The van der Waals surface area contributed by atoms with Crippen molar-refractivity contribution in [1.29, 1.82) is 0 Å². The van der Waals surface area contributed by atoms with E-state index < -0.39 is 0 Å². The van der Waals surface area contributed by atoms with E-state index in [1.807, 2.05) is 6.92 Å². The summed E-state index contributed by atoms with van der Waals surface area (Å²) in [5.74, 6) is 0. The van der Waals surface area contributed by atoms with Crippen molar-refractivity contribution in [1.82, 2.24) is 10.6 Å². The van der Waals surface area contributed by atoms with E-state index in [9.17, 15) is 0 Å². The first kappa shape index (κ1) is 13.5. The average molecular weight is 162 g/mol. The van der Waals surface area contributed by atoms with Crippen molar-refractivity contribution in [2.45, 2.75) is 20.8 Å². The summed E-state index contributed by atoms with van der Waals surface area (Å²) in [5, 5.41) is 14.2. The van der Waals surface area contributed by atoms with E-state index in [1.165, 1.54) is 0 Å². The van der Waals surface area contributed by atoms with Gasteiger partial charge >= 0.3 is 0 Å². The summed E-state index contributed by atoms with van der Waals surface area (Å²) >= 11 is 0. The Labute approximate surface area is 70.2 Å². The van der Waals surface area contributed by atoms with Gasteiger partial charge in [-0.2, -0.15) is 0 Å². The molecule has 0 aromatic heterocycles. The zero-order chi connectivity index (χ0) is 8.95. The molecule has 0 heterocycles. The fourth-order valence-corrected chi connectivity index (χ4v) is 0.506. The van der Waals surface area contributed by atoms with Crippen molar-refractivity contribution in [2.75, 3.05) is 32.8 Å². The lowest BCUT2D eigenvalue weighted by Gasteiger charge is -1.91. The number of aliphatic hydroxyl groups excluding tert-OH is 1. The van der Waals surface area contributed by atoms with Gasteiger partial charge in [0.25, 0.3) is 0 Å². The molecule has 3 N–H and O–H groups in total. The Kier molecular flexibility index (Phi) is 20.2. The molecule has 11 heavy (non-hydrogen) atoms. The van der Waals surface area contributed by atoms with Gasteiger partial charge in [0.05, 0.1) is 6.61 Å². The van der Waals surface area contributed by atoms with Crippen molar-refractivity contribution >= 4 is 0 Å². The normalized spacial score (nSPS) is 8.73. The van der Waals surface area contributed by atoms with Crippen molar-refractivity contribution in [2.24, 2.45) is 0 Å². The third-order valence-electron chi connectivity index (χ3n) is 1.04. The van der Waals surface area contributed by atoms with Crippen LogP contribution in [-0.2, 0) is 0 Å². The van der Waals surface area contributed by atoms with Crippen LogP contribution in [0.15, 0.2) is 0 Å². The van der Waals surface area contributed by atoms with E-state index in [0.29, 0.717) is 0 Å². The van der Waals surface area contributed by atoms with Crippen LogP contribution in [0.25, 0.3) is 0 Å². The summed E-state index contributed by atoms with van der Waals surface area (Å²) in [5.41, 5.74) is 0. The molecule has 3 heteroatoms. The summed E-state index contributed by atoms with van der Waals surface area (Å²) < 4.78 is 0. The molecule has 0 aromatic rings. The predicted octanol–water partition coefficient (Wildman–Crippen LogP) is 0.204. The molecule has 0 unspecified atom stereocenters. The quantitative estimate of drug-likeness (QED) is 0.506. The summed E-state index contributed by atoms with van der Waals surface area (Å²) in [6.07, 6.45) is 0. The van der Waals surface area contributed by atoms with Gasteiger partial charge in [0.15, 0.2) is 0 Å². The van der Waals surface area contributed by atoms with Crippen LogP contribution in [0.3, 0.4) is 0 Å². The third kappa shape index (κ3) is 25.8. The van der Waals surface area contributed by atoms with Gasteiger partial charge in [0.2, 0.25) is 0 Å². The van der Waals surface area contributed by atoms with E-state index >= 15 is 0 Å². The SMILES string of the molecule is CCNCC.CCNCCO. The molecule has 3 nitrogen and oxygen atoms in total. The maximum absolute atomic E-state index is 8.13. The second-order valence-electron chi connectivity index (χ2n) is 2.03. The number of likely N-dealkylation sites (N-methyl/N-ethyl adjacent to an activating group) is 1. The highest BCUT2D eigenvalue weighted by atomic mass is 16.3. The topological polar surface area (TPSA) is 44.3 Å². The van der Waals surface area contributed by atoms with E-state index in [2.05, 4.69) is 24.5 Å². The number of nitrogens with one attached hydrogen (secondary N) is 2. The summed E-state index contributed by atoms with van der Waals surface area (Å²) in [6.45, 7) is 10.3. The molecule has 0 aliphatic heterocycles. The molecule has 0 aliphatic carbocycles. The van der Waals surface area contributed by atoms with E-state index in [4.69, 9.17) is 5.11 Å². The highest BCUT2D eigenvalue weighted by Gasteiger charge is 1.72. The van der Waals surface area contributed by atoms with Crippen LogP contribution in [0, 0.1) is 0 Å². The lowest BCUT2D eigenvalue weighted by molar-refractivity contribution is 0.293. The van der Waals surface area contributed by atoms with Crippen LogP contribution < -0.4 is 10.6 Å². The number of hydrogen-bond donors (Lipinski definition) is 3. The van der Waals surface area contributed by atoms with Gasteiger partial charge in [0.1, 0.15) is 0 Å². The Balaban J connectivity index is 0. The lowest BCUT2D eigenvalue weighted by atomic mass is 10.6. The summed E-state index contributed by atoms with van der Waals surface area (Å²) in [7, 11) is 0. The fourth-order valence-electron chi connectivity index (χ4n) is 0.506. The largest absolute Gasteiger partial charge is 0.395 e. The Morgan fingerprint density at radius 3 is 1.45 bits per heavy atom. The van der Waals surface area contributed by atoms with Crippen molar-refractivity contribution in [3.63, 3.8) is 0 Å². The monoisotopic (exact) mass is 162 g/mol. The van der Waals surface area contributed by atoms with E-state index in [1.54, 1.807) is 0 Å². The first-order chi connectivity index (χ1) is 5.33. The minimum absolute atomic E-state index is 0.244. The summed E-state index contributed by atoms with van der Waals surface area (Å²) in [6, 6.07) is 0. The van der Waals surface area contributed by atoms with Crippen LogP contribution in [0.2, 0.25) is 0 Å². The standard InChI is InChI=1S/C4H11NO.C4H11N/c1-2-5-3-4-6;1-3-5-4-2/h5-6H,2-4H2,1H3;5H,3-4H2,1-2H3. The van der Waals surface area contributed by atoms with Gasteiger partial charge < -0.3 is 15.7 Å². The van der Waals surface area contributed by atoms with Gasteiger partial charge in [-0.1, -0.05) is 20.8 Å². The van der Waals surface area contributed by atoms with E-state index in [0.717, 1.165) is 26.2 Å². The van der Waals surface area contributed by atoms with Crippen molar-refractivity contribution in [3.8, 4) is 0 Å².